The number of rotatable bonds is 5. The zero-order valence-corrected chi connectivity index (χ0v) is 19.7. The number of hydrogen-bond donors (Lipinski definition) is 1. The molecule has 1 saturated carbocycles. The van der Waals surface area contributed by atoms with Crippen LogP contribution in [-0.2, 0) is 14.8 Å². The van der Waals surface area contributed by atoms with E-state index in [-0.39, 0.29) is 6.54 Å². The fourth-order valence-corrected chi connectivity index (χ4v) is 4.60. The van der Waals surface area contributed by atoms with Gasteiger partial charge in [-0.15, -0.1) is 0 Å². The molecule has 0 spiro atoms. The Morgan fingerprint density at radius 1 is 1.03 bits per heavy atom. The van der Waals surface area contributed by atoms with Crippen LogP contribution in [0.3, 0.4) is 0 Å². The van der Waals surface area contributed by atoms with Gasteiger partial charge in [0.1, 0.15) is 6.54 Å². The number of nitrogens with one attached hydrogen (secondary N) is 1. The third kappa shape index (κ3) is 8.64. The molecule has 1 aromatic rings. The van der Waals surface area contributed by atoms with Gasteiger partial charge in [0.25, 0.3) is 5.91 Å². The van der Waals surface area contributed by atoms with Crippen LogP contribution in [0.5, 0.6) is 0 Å². The molecule has 0 radical (unpaired) electrons. The van der Waals surface area contributed by atoms with Gasteiger partial charge in [-0.2, -0.15) is 5.10 Å². The van der Waals surface area contributed by atoms with Crippen molar-refractivity contribution in [3.63, 3.8) is 0 Å². The first-order valence-electron chi connectivity index (χ1n) is 10.9. The van der Waals surface area contributed by atoms with Gasteiger partial charge in [0.05, 0.1) is 11.9 Å². The zero-order chi connectivity index (χ0) is 22.0. The molecule has 1 aromatic carbocycles. The number of hydrazone groups is 1. The number of nitrogens with zero attached hydrogens (tertiary/aromatic N) is 2. The van der Waals surface area contributed by atoms with Crippen LogP contribution in [0.2, 0.25) is 5.02 Å². The van der Waals surface area contributed by atoms with E-state index in [4.69, 9.17) is 11.6 Å². The van der Waals surface area contributed by atoms with E-state index in [1.165, 1.54) is 44.9 Å². The highest BCUT2D eigenvalue weighted by Crippen LogP contribution is 2.24. The molecule has 0 aliphatic heterocycles. The molecule has 30 heavy (non-hydrogen) atoms. The summed E-state index contributed by atoms with van der Waals surface area (Å²) >= 11 is 6.14. The Morgan fingerprint density at radius 3 is 2.07 bits per heavy atom. The third-order valence-electron chi connectivity index (χ3n) is 5.40. The summed E-state index contributed by atoms with van der Waals surface area (Å²) < 4.78 is 25.6. The van der Waals surface area contributed by atoms with Crippen LogP contribution in [0.4, 0.5) is 5.69 Å². The SMILES string of the molecule is Cc1ccc(N(CC(=O)NN=C2CCCCCCCCCCC2)S(C)(=O)=O)cc1Cl. The lowest BCUT2D eigenvalue weighted by molar-refractivity contribution is -0.119. The van der Waals surface area contributed by atoms with Crippen LogP contribution in [-0.4, -0.2) is 32.8 Å². The number of aryl methyl sites for hydroxylation is 1. The fourth-order valence-electron chi connectivity index (χ4n) is 3.58. The summed E-state index contributed by atoms with van der Waals surface area (Å²) in [5.74, 6) is -0.462. The molecule has 0 atom stereocenters. The van der Waals surface area contributed by atoms with Crippen molar-refractivity contribution in [1.82, 2.24) is 5.43 Å². The topological polar surface area (TPSA) is 78.8 Å². The number of benzene rings is 1. The maximum Gasteiger partial charge on any atom is 0.260 e. The number of hydrogen-bond acceptors (Lipinski definition) is 4. The Kier molecular flexibility index (Phi) is 10.1. The van der Waals surface area contributed by atoms with E-state index in [0.29, 0.717) is 10.7 Å². The van der Waals surface area contributed by atoms with E-state index >= 15 is 0 Å². The van der Waals surface area contributed by atoms with Crippen molar-refractivity contribution in [2.75, 3.05) is 17.1 Å². The van der Waals surface area contributed by atoms with Gasteiger partial charge in [-0.25, -0.2) is 13.8 Å². The second kappa shape index (κ2) is 12.3. The lowest BCUT2D eigenvalue weighted by Gasteiger charge is -2.22. The molecule has 0 unspecified atom stereocenters. The van der Waals surface area contributed by atoms with Crippen LogP contribution in [0.25, 0.3) is 0 Å². The molecule has 6 nitrogen and oxygen atoms in total. The first-order valence-corrected chi connectivity index (χ1v) is 13.1. The van der Waals surface area contributed by atoms with Crippen molar-refractivity contribution in [2.24, 2.45) is 5.10 Å². The van der Waals surface area contributed by atoms with E-state index < -0.39 is 15.9 Å². The Bertz CT molecular complexity index is 826. The summed E-state index contributed by atoms with van der Waals surface area (Å²) in [6.45, 7) is 1.50. The van der Waals surface area contributed by atoms with E-state index in [1.54, 1.807) is 18.2 Å². The number of carbonyl (C=O) groups excluding carboxylic acids is 1. The number of amides is 1. The Labute approximate surface area is 186 Å². The lowest BCUT2D eigenvalue weighted by atomic mass is 10.00. The Balaban J connectivity index is 2.02. The van der Waals surface area contributed by atoms with Crippen LogP contribution in [0, 0.1) is 6.92 Å². The molecule has 0 heterocycles. The highest BCUT2D eigenvalue weighted by molar-refractivity contribution is 7.92. The summed E-state index contributed by atoms with van der Waals surface area (Å²) in [5.41, 5.74) is 4.77. The van der Waals surface area contributed by atoms with Gasteiger partial charge in [0, 0.05) is 10.7 Å². The molecule has 1 aliphatic rings. The minimum absolute atomic E-state index is 0.338. The van der Waals surface area contributed by atoms with Crippen molar-refractivity contribution in [2.45, 2.75) is 77.6 Å². The van der Waals surface area contributed by atoms with E-state index in [2.05, 4.69) is 10.5 Å². The summed E-state index contributed by atoms with van der Waals surface area (Å²) in [6.07, 6.45) is 13.8. The number of sulfonamides is 1. The minimum atomic E-state index is -3.65. The van der Waals surface area contributed by atoms with Gasteiger partial charge in [0.2, 0.25) is 10.0 Å². The van der Waals surface area contributed by atoms with Crippen molar-refractivity contribution in [3.8, 4) is 0 Å². The molecule has 1 amide bonds. The molecular weight excluding hydrogens is 422 g/mol. The molecule has 8 heteroatoms. The summed E-state index contributed by atoms with van der Waals surface area (Å²) in [4.78, 5) is 12.5. The van der Waals surface area contributed by atoms with Gasteiger partial charge in [-0.3, -0.25) is 9.10 Å². The normalized spacial score (nSPS) is 16.8. The Hall–Kier alpha value is -1.60. The van der Waals surface area contributed by atoms with Gasteiger partial charge in [-0.1, -0.05) is 62.6 Å². The molecule has 1 fully saturated rings. The molecule has 1 aliphatic carbocycles. The number of anilines is 1. The van der Waals surface area contributed by atoms with Crippen molar-refractivity contribution >= 4 is 38.9 Å². The summed E-state index contributed by atoms with van der Waals surface area (Å²) in [5, 5.41) is 4.79. The third-order valence-corrected chi connectivity index (χ3v) is 6.95. The van der Waals surface area contributed by atoms with Crippen molar-refractivity contribution < 1.29 is 13.2 Å². The number of carbonyl (C=O) groups is 1. The average molecular weight is 456 g/mol. The second-order valence-corrected chi connectivity index (χ2v) is 10.4. The van der Waals surface area contributed by atoms with E-state index in [1.807, 2.05) is 6.92 Å². The molecule has 1 N–H and O–H groups in total. The summed E-state index contributed by atoms with van der Waals surface area (Å²) in [7, 11) is -3.65. The first kappa shape index (κ1) is 24.7. The largest absolute Gasteiger partial charge is 0.271 e. The van der Waals surface area contributed by atoms with Gasteiger partial charge in [0.15, 0.2) is 0 Å². The second-order valence-electron chi connectivity index (χ2n) is 8.10. The molecule has 0 saturated heterocycles. The lowest BCUT2D eigenvalue weighted by Crippen LogP contribution is -2.39. The van der Waals surface area contributed by atoms with E-state index in [9.17, 15) is 13.2 Å². The predicted molar refractivity (Wildman–Crippen MR) is 125 cm³/mol. The zero-order valence-electron chi connectivity index (χ0n) is 18.1. The quantitative estimate of drug-likeness (QED) is 0.620. The summed E-state index contributed by atoms with van der Waals surface area (Å²) in [6, 6.07) is 4.94. The molecular formula is C22H34ClN3O3S. The average Bonchev–Trinajstić information content (AvgIpc) is 2.67. The van der Waals surface area contributed by atoms with Crippen LogP contribution >= 0.6 is 11.6 Å². The van der Waals surface area contributed by atoms with Crippen molar-refractivity contribution in [3.05, 3.63) is 28.8 Å². The molecule has 0 aromatic heterocycles. The number of halogens is 1. The predicted octanol–water partition coefficient (Wildman–Crippen LogP) is 5.19. The fraction of sp³-hybridized carbons (Fsp3) is 0.636. The molecule has 0 bridgehead atoms. The molecule has 2 rings (SSSR count). The van der Waals surface area contributed by atoms with Crippen LogP contribution in [0.15, 0.2) is 23.3 Å². The maximum atomic E-state index is 12.5. The standard InChI is InChI=1S/C22H34ClN3O3S/c1-18-14-15-20(16-21(18)23)26(30(2,28)29)17-22(27)25-24-19-12-10-8-6-4-3-5-7-9-11-13-19/h14-16H,3-13,17H2,1-2H3,(H,25,27). The maximum absolute atomic E-state index is 12.5. The highest BCUT2D eigenvalue weighted by Gasteiger charge is 2.21. The minimum Gasteiger partial charge on any atom is -0.271 e. The monoisotopic (exact) mass is 455 g/mol. The van der Waals surface area contributed by atoms with Crippen molar-refractivity contribution in [1.29, 1.82) is 0 Å². The highest BCUT2D eigenvalue weighted by atomic mass is 35.5. The van der Waals surface area contributed by atoms with Crippen LogP contribution in [0.1, 0.15) is 76.2 Å². The smallest absolute Gasteiger partial charge is 0.260 e. The first-order chi connectivity index (χ1) is 14.3. The van der Waals surface area contributed by atoms with Gasteiger partial charge < -0.3 is 0 Å². The van der Waals surface area contributed by atoms with E-state index in [0.717, 1.165) is 47.5 Å². The molecule has 168 valence electrons. The van der Waals surface area contributed by atoms with Gasteiger partial charge >= 0.3 is 0 Å². The van der Waals surface area contributed by atoms with Gasteiger partial charge in [-0.05, 0) is 50.3 Å². The Morgan fingerprint density at radius 2 is 1.57 bits per heavy atom. The van der Waals surface area contributed by atoms with Crippen LogP contribution < -0.4 is 9.73 Å².